The second kappa shape index (κ2) is 5.24. The molecular formula is C12H19FN2O2S. The van der Waals surface area contributed by atoms with Gasteiger partial charge in [0.05, 0.1) is 10.6 Å². The number of anilines is 1. The van der Waals surface area contributed by atoms with Crippen LogP contribution in [0, 0.1) is 5.82 Å². The Morgan fingerprint density at radius 3 is 2.33 bits per heavy atom. The zero-order valence-electron chi connectivity index (χ0n) is 10.8. The number of hydrogen-bond donors (Lipinski definition) is 2. The maximum Gasteiger partial charge on any atom is 0.241 e. The fraction of sp³-hybridized carbons (Fsp3) is 0.500. The van der Waals surface area contributed by atoms with Crippen molar-refractivity contribution < 1.29 is 12.8 Å². The number of hydrogen-bond acceptors (Lipinski definition) is 3. The molecule has 0 atom stereocenters. The molecule has 0 saturated heterocycles. The molecule has 0 spiro atoms. The summed E-state index contributed by atoms with van der Waals surface area (Å²) in [5, 5.41) is 0. The predicted octanol–water partition coefficient (Wildman–Crippen LogP) is 2.26. The maximum absolute atomic E-state index is 13.3. The standard InChI is InChI=1S/C12H19FN2O2S/c1-4-12(3,5-2)15-18(16,17)9-6-7-11(14)10(13)8-9/h6-8,15H,4-5,14H2,1-3H3. The molecule has 4 nitrogen and oxygen atoms in total. The van der Waals surface area contributed by atoms with Gasteiger partial charge in [-0.15, -0.1) is 0 Å². The van der Waals surface area contributed by atoms with Gasteiger partial charge in [-0.1, -0.05) is 13.8 Å². The molecule has 1 aromatic rings. The fourth-order valence-electron chi connectivity index (χ4n) is 1.45. The molecule has 0 aliphatic rings. The van der Waals surface area contributed by atoms with Gasteiger partial charge in [0.25, 0.3) is 0 Å². The van der Waals surface area contributed by atoms with Crippen LogP contribution in [-0.2, 0) is 10.0 Å². The second-order valence-electron chi connectivity index (χ2n) is 4.56. The summed E-state index contributed by atoms with van der Waals surface area (Å²) >= 11 is 0. The lowest BCUT2D eigenvalue weighted by Crippen LogP contribution is -2.44. The summed E-state index contributed by atoms with van der Waals surface area (Å²) in [6.45, 7) is 5.61. The van der Waals surface area contributed by atoms with Crippen LogP contribution in [0.3, 0.4) is 0 Å². The smallest absolute Gasteiger partial charge is 0.241 e. The van der Waals surface area contributed by atoms with Gasteiger partial charge in [0, 0.05) is 5.54 Å². The maximum atomic E-state index is 13.3. The van der Waals surface area contributed by atoms with Crippen LogP contribution < -0.4 is 10.5 Å². The van der Waals surface area contributed by atoms with E-state index in [4.69, 9.17) is 5.73 Å². The molecule has 0 aliphatic heterocycles. The molecule has 0 heterocycles. The second-order valence-corrected chi connectivity index (χ2v) is 6.24. The summed E-state index contributed by atoms with van der Waals surface area (Å²) < 4.78 is 40.1. The minimum Gasteiger partial charge on any atom is -0.396 e. The van der Waals surface area contributed by atoms with Crippen LogP contribution in [0.2, 0.25) is 0 Å². The van der Waals surface area contributed by atoms with E-state index in [1.54, 1.807) is 0 Å². The molecule has 1 aromatic carbocycles. The lowest BCUT2D eigenvalue weighted by atomic mass is 9.98. The summed E-state index contributed by atoms with van der Waals surface area (Å²) in [6, 6.07) is 3.48. The van der Waals surface area contributed by atoms with E-state index in [2.05, 4.69) is 4.72 Å². The van der Waals surface area contributed by atoms with Crippen molar-refractivity contribution in [2.45, 2.75) is 44.0 Å². The number of nitrogen functional groups attached to an aromatic ring is 1. The molecule has 102 valence electrons. The molecule has 3 N–H and O–H groups in total. The van der Waals surface area contributed by atoms with Crippen LogP contribution in [0.4, 0.5) is 10.1 Å². The van der Waals surface area contributed by atoms with Crippen LogP contribution in [0.15, 0.2) is 23.1 Å². The Morgan fingerprint density at radius 2 is 1.89 bits per heavy atom. The number of nitrogens with one attached hydrogen (secondary N) is 1. The van der Waals surface area contributed by atoms with E-state index in [1.807, 2.05) is 20.8 Å². The first-order valence-corrected chi connectivity index (χ1v) is 7.31. The average Bonchev–Trinajstić information content (AvgIpc) is 2.32. The zero-order chi connectivity index (χ0) is 14.0. The topological polar surface area (TPSA) is 72.2 Å². The van der Waals surface area contributed by atoms with Gasteiger partial charge in [0.1, 0.15) is 5.82 Å². The zero-order valence-corrected chi connectivity index (χ0v) is 11.6. The van der Waals surface area contributed by atoms with Gasteiger partial charge in [0.2, 0.25) is 10.0 Å². The van der Waals surface area contributed by atoms with Crippen molar-refractivity contribution in [3.8, 4) is 0 Å². The van der Waals surface area contributed by atoms with Crippen LogP contribution in [0.5, 0.6) is 0 Å². The van der Waals surface area contributed by atoms with E-state index >= 15 is 0 Å². The number of rotatable bonds is 5. The number of nitrogens with two attached hydrogens (primary N) is 1. The Morgan fingerprint density at radius 1 is 1.33 bits per heavy atom. The van der Waals surface area contributed by atoms with E-state index in [0.717, 1.165) is 6.07 Å². The first-order chi connectivity index (χ1) is 8.24. The van der Waals surface area contributed by atoms with Gasteiger partial charge < -0.3 is 5.73 Å². The Hall–Kier alpha value is -1.14. The number of benzene rings is 1. The van der Waals surface area contributed by atoms with Crippen LogP contribution in [0.1, 0.15) is 33.6 Å². The first kappa shape index (κ1) is 14.9. The molecule has 0 bridgehead atoms. The lowest BCUT2D eigenvalue weighted by molar-refractivity contribution is 0.388. The molecule has 0 unspecified atom stereocenters. The molecule has 6 heteroatoms. The first-order valence-electron chi connectivity index (χ1n) is 5.83. The van der Waals surface area contributed by atoms with Crippen molar-refractivity contribution in [2.75, 3.05) is 5.73 Å². The Kier molecular flexibility index (Phi) is 4.34. The third kappa shape index (κ3) is 3.20. The molecule has 0 saturated carbocycles. The summed E-state index contributed by atoms with van der Waals surface area (Å²) in [5.74, 6) is -0.729. The number of halogens is 1. The minimum absolute atomic E-state index is 0.0669. The average molecular weight is 274 g/mol. The van der Waals surface area contributed by atoms with Gasteiger partial charge in [-0.05, 0) is 38.0 Å². The Bertz CT molecular complexity index is 525. The van der Waals surface area contributed by atoms with Crippen molar-refractivity contribution in [1.82, 2.24) is 4.72 Å². The summed E-state index contributed by atoms with van der Waals surface area (Å²) in [6.07, 6.45) is 1.31. The summed E-state index contributed by atoms with van der Waals surface area (Å²) in [5.41, 5.74) is 4.72. The van der Waals surface area contributed by atoms with E-state index < -0.39 is 21.4 Å². The molecule has 18 heavy (non-hydrogen) atoms. The predicted molar refractivity (Wildman–Crippen MR) is 70.1 cm³/mol. The third-order valence-corrected chi connectivity index (χ3v) is 4.86. The normalized spacial score (nSPS) is 12.7. The molecule has 0 radical (unpaired) electrons. The SMILES string of the molecule is CCC(C)(CC)NS(=O)(=O)c1ccc(N)c(F)c1. The van der Waals surface area contributed by atoms with Gasteiger partial charge >= 0.3 is 0 Å². The van der Waals surface area contributed by atoms with Crippen LogP contribution in [0.25, 0.3) is 0 Å². The molecule has 1 rings (SSSR count). The van der Waals surface area contributed by atoms with E-state index in [0.29, 0.717) is 12.8 Å². The van der Waals surface area contributed by atoms with Crippen molar-refractivity contribution in [3.05, 3.63) is 24.0 Å². The molecular weight excluding hydrogens is 255 g/mol. The number of sulfonamides is 1. The summed E-state index contributed by atoms with van der Waals surface area (Å²) in [4.78, 5) is -0.109. The minimum atomic E-state index is -3.73. The van der Waals surface area contributed by atoms with Crippen LogP contribution >= 0.6 is 0 Å². The molecule has 0 fully saturated rings. The van der Waals surface area contributed by atoms with E-state index in [-0.39, 0.29) is 10.6 Å². The van der Waals surface area contributed by atoms with Gasteiger partial charge in [-0.2, -0.15) is 0 Å². The lowest BCUT2D eigenvalue weighted by Gasteiger charge is -2.27. The van der Waals surface area contributed by atoms with Crippen molar-refractivity contribution in [2.24, 2.45) is 0 Å². The molecule has 0 aliphatic carbocycles. The van der Waals surface area contributed by atoms with Gasteiger partial charge in [-0.3, -0.25) is 0 Å². The van der Waals surface area contributed by atoms with Crippen LogP contribution in [-0.4, -0.2) is 14.0 Å². The quantitative estimate of drug-likeness (QED) is 0.809. The fourth-order valence-corrected chi connectivity index (χ4v) is 3.01. The van der Waals surface area contributed by atoms with Crippen molar-refractivity contribution in [3.63, 3.8) is 0 Å². The monoisotopic (exact) mass is 274 g/mol. The Labute approximate surface area is 107 Å². The van der Waals surface area contributed by atoms with E-state index in [9.17, 15) is 12.8 Å². The Balaban J connectivity index is 3.10. The van der Waals surface area contributed by atoms with E-state index in [1.165, 1.54) is 12.1 Å². The largest absolute Gasteiger partial charge is 0.396 e. The highest BCUT2D eigenvalue weighted by atomic mass is 32.2. The van der Waals surface area contributed by atoms with Gasteiger partial charge in [0.15, 0.2) is 0 Å². The highest BCUT2D eigenvalue weighted by molar-refractivity contribution is 7.89. The third-order valence-electron chi connectivity index (χ3n) is 3.22. The van der Waals surface area contributed by atoms with Crippen molar-refractivity contribution in [1.29, 1.82) is 0 Å². The highest BCUT2D eigenvalue weighted by Gasteiger charge is 2.27. The molecule has 0 amide bonds. The van der Waals surface area contributed by atoms with Crippen molar-refractivity contribution >= 4 is 15.7 Å². The highest BCUT2D eigenvalue weighted by Crippen LogP contribution is 2.21. The molecule has 0 aromatic heterocycles. The summed E-state index contributed by atoms with van der Waals surface area (Å²) in [7, 11) is -3.73. The van der Waals surface area contributed by atoms with Gasteiger partial charge in [-0.25, -0.2) is 17.5 Å².